The minimum atomic E-state index is 0.0637. The van der Waals surface area contributed by atoms with E-state index in [2.05, 4.69) is 30.8 Å². The lowest BCUT2D eigenvalue weighted by molar-refractivity contribution is 0.280. The Kier molecular flexibility index (Phi) is 4.74. The van der Waals surface area contributed by atoms with Crippen LogP contribution in [0.25, 0.3) is 0 Å². The van der Waals surface area contributed by atoms with E-state index in [1.807, 2.05) is 19.1 Å². The number of aromatic nitrogens is 1. The van der Waals surface area contributed by atoms with Crippen LogP contribution >= 0.6 is 0 Å². The van der Waals surface area contributed by atoms with Gasteiger partial charge in [0.25, 0.3) is 0 Å². The Morgan fingerprint density at radius 2 is 2.12 bits per heavy atom. The standard InChI is InChI=1S/C13H22N2O/c1-5-10(2)8-15(4)13-7-6-12(9-16)11(3)14-13/h6-7,10,16H,5,8-9H2,1-4H3. The summed E-state index contributed by atoms with van der Waals surface area (Å²) in [6.07, 6.45) is 1.18. The van der Waals surface area contributed by atoms with Crippen molar-refractivity contribution in [2.75, 3.05) is 18.5 Å². The van der Waals surface area contributed by atoms with Gasteiger partial charge in [-0.15, -0.1) is 0 Å². The number of aliphatic hydroxyl groups is 1. The Balaban J connectivity index is 2.76. The van der Waals surface area contributed by atoms with Gasteiger partial charge >= 0.3 is 0 Å². The molecule has 90 valence electrons. The van der Waals surface area contributed by atoms with Crippen LogP contribution in [0, 0.1) is 12.8 Å². The number of aryl methyl sites for hydroxylation is 1. The second kappa shape index (κ2) is 5.85. The molecule has 3 nitrogen and oxygen atoms in total. The van der Waals surface area contributed by atoms with Crippen molar-refractivity contribution >= 4 is 5.82 Å². The van der Waals surface area contributed by atoms with Crippen LogP contribution in [-0.2, 0) is 6.61 Å². The Morgan fingerprint density at radius 3 is 2.62 bits per heavy atom. The average molecular weight is 222 g/mol. The fraction of sp³-hybridized carbons (Fsp3) is 0.615. The lowest BCUT2D eigenvalue weighted by Crippen LogP contribution is -2.24. The number of rotatable bonds is 5. The summed E-state index contributed by atoms with van der Waals surface area (Å²) in [6, 6.07) is 3.92. The Labute approximate surface area is 98.1 Å². The normalized spacial score (nSPS) is 12.6. The lowest BCUT2D eigenvalue weighted by Gasteiger charge is -2.22. The Bertz CT molecular complexity index is 339. The summed E-state index contributed by atoms with van der Waals surface area (Å²) >= 11 is 0. The molecule has 0 amide bonds. The first-order valence-electron chi connectivity index (χ1n) is 5.87. The number of hydrogen-bond acceptors (Lipinski definition) is 3. The van der Waals surface area contributed by atoms with E-state index in [4.69, 9.17) is 5.11 Å². The van der Waals surface area contributed by atoms with E-state index >= 15 is 0 Å². The third kappa shape index (κ3) is 3.20. The highest BCUT2D eigenvalue weighted by atomic mass is 16.3. The van der Waals surface area contributed by atoms with Crippen LogP contribution in [0.3, 0.4) is 0 Å². The summed E-state index contributed by atoms with van der Waals surface area (Å²) in [5, 5.41) is 9.08. The van der Waals surface area contributed by atoms with Gasteiger partial charge in [-0.1, -0.05) is 26.3 Å². The number of anilines is 1. The molecule has 0 saturated heterocycles. The first-order valence-corrected chi connectivity index (χ1v) is 5.87. The largest absolute Gasteiger partial charge is 0.392 e. The van der Waals surface area contributed by atoms with Crippen molar-refractivity contribution in [3.63, 3.8) is 0 Å². The molecule has 0 saturated carbocycles. The van der Waals surface area contributed by atoms with E-state index in [-0.39, 0.29) is 6.61 Å². The van der Waals surface area contributed by atoms with Crippen molar-refractivity contribution in [3.8, 4) is 0 Å². The van der Waals surface area contributed by atoms with Crippen molar-refractivity contribution in [2.45, 2.75) is 33.8 Å². The number of nitrogens with zero attached hydrogens (tertiary/aromatic N) is 2. The van der Waals surface area contributed by atoms with Crippen LogP contribution in [0.1, 0.15) is 31.5 Å². The zero-order valence-corrected chi connectivity index (χ0v) is 10.7. The summed E-state index contributed by atoms with van der Waals surface area (Å²) in [5.41, 5.74) is 1.82. The number of pyridine rings is 1. The maximum absolute atomic E-state index is 9.08. The summed E-state index contributed by atoms with van der Waals surface area (Å²) in [6.45, 7) is 7.46. The predicted molar refractivity (Wildman–Crippen MR) is 67.6 cm³/mol. The van der Waals surface area contributed by atoms with Gasteiger partial charge in [0.2, 0.25) is 0 Å². The SMILES string of the molecule is CCC(C)CN(C)c1ccc(CO)c(C)n1. The topological polar surface area (TPSA) is 36.4 Å². The van der Waals surface area contributed by atoms with E-state index < -0.39 is 0 Å². The minimum absolute atomic E-state index is 0.0637. The molecule has 3 heteroatoms. The first kappa shape index (κ1) is 13.0. The fourth-order valence-corrected chi connectivity index (χ4v) is 1.65. The molecule has 0 aliphatic heterocycles. The molecule has 0 fully saturated rings. The van der Waals surface area contributed by atoms with Crippen LogP contribution in [-0.4, -0.2) is 23.7 Å². The van der Waals surface area contributed by atoms with Crippen molar-refractivity contribution in [3.05, 3.63) is 23.4 Å². The molecule has 0 aliphatic rings. The minimum Gasteiger partial charge on any atom is -0.392 e. The zero-order chi connectivity index (χ0) is 12.1. The van der Waals surface area contributed by atoms with E-state index in [1.165, 1.54) is 6.42 Å². The number of hydrogen-bond donors (Lipinski definition) is 1. The van der Waals surface area contributed by atoms with Crippen molar-refractivity contribution in [1.29, 1.82) is 0 Å². The molecule has 1 aromatic rings. The van der Waals surface area contributed by atoms with Gasteiger partial charge in [-0.05, 0) is 24.5 Å². The summed E-state index contributed by atoms with van der Waals surface area (Å²) < 4.78 is 0. The Hall–Kier alpha value is -1.09. The quantitative estimate of drug-likeness (QED) is 0.831. The van der Waals surface area contributed by atoms with Gasteiger partial charge < -0.3 is 10.0 Å². The van der Waals surface area contributed by atoms with Gasteiger partial charge in [-0.2, -0.15) is 0 Å². The molecule has 1 N–H and O–H groups in total. The highest BCUT2D eigenvalue weighted by Gasteiger charge is 2.08. The van der Waals surface area contributed by atoms with Gasteiger partial charge in [0.1, 0.15) is 5.82 Å². The molecule has 1 unspecified atom stereocenters. The third-order valence-electron chi connectivity index (χ3n) is 3.02. The molecular weight excluding hydrogens is 200 g/mol. The zero-order valence-electron chi connectivity index (χ0n) is 10.7. The highest BCUT2D eigenvalue weighted by molar-refractivity contribution is 5.40. The van der Waals surface area contributed by atoms with E-state index in [9.17, 15) is 0 Å². The predicted octanol–water partition coefficient (Wildman–Crippen LogP) is 2.36. The van der Waals surface area contributed by atoms with Gasteiger partial charge in [-0.25, -0.2) is 4.98 Å². The molecule has 1 rings (SSSR count). The maximum Gasteiger partial charge on any atom is 0.128 e. The second-order valence-electron chi connectivity index (χ2n) is 4.47. The van der Waals surface area contributed by atoms with Crippen molar-refractivity contribution < 1.29 is 5.11 Å². The monoisotopic (exact) mass is 222 g/mol. The summed E-state index contributed by atoms with van der Waals surface area (Å²) in [4.78, 5) is 6.67. The highest BCUT2D eigenvalue weighted by Crippen LogP contribution is 2.15. The van der Waals surface area contributed by atoms with Crippen LogP contribution in [0.4, 0.5) is 5.82 Å². The Morgan fingerprint density at radius 1 is 1.44 bits per heavy atom. The second-order valence-corrected chi connectivity index (χ2v) is 4.47. The smallest absolute Gasteiger partial charge is 0.128 e. The van der Waals surface area contributed by atoms with Crippen LogP contribution in [0.15, 0.2) is 12.1 Å². The van der Waals surface area contributed by atoms with E-state index in [0.717, 1.165) is 23.6 Å². The summed E-state index contributed by atoms with van der Waals surface area (Å²) in [7, 11) is 2.06. The van der Waals surface area contributed by atoms with Gasteiger partial charge in [0, 0.05) is 19.3 Å². The summed E-state index contributed by atoms with van der Waals surface area (Å²) in [5.74, 6) is 1.65. The molecule has 16 heavy (non-hydrogen) atoms. The van der Waals surface area contributed by atoms with Gasteiger partial charge in [0.05, 0.1) is 6.61 Å². The molecule has 1 atom stereocenters. The maximum atomic E-state index is 9.08. The van der Waals surface area contributed by atoms with Crippen LogP contribution in [0.2, 0.25) is 0 Å². The molecule has 0 radical (unpaired) electrons. The molecule has 0 spiro atoms. The van der Waals surface area contributed by atoms with Crippen molar-refractivity contribution in [2.24, 2.45) is 5.92 Å². The van der Waals surface area contributed by atoms with Crippen molar-refractivity contribution in [1.82, 2.24) is 4.98 Å². The first-order chi connectivity index (χ1) is 7.58. The molecule has 1 heterocycles. The van der Waals surface area contributed by atoms with Crippen LogP contribution in [0.5, 0.6) is 0 Å². The van der Waals surface area contributed by atoms with Gasteiger partial charge in [-0.3, -0.25) is 0 Å². The van der Waals surface area contributed by atoms with Crippen LogP contribution < -0.4 is 4.90 Å². The number of aliphatic hydroxyl groups excluding tert-OH is 1. The molecule has 0 aliphatic carbocycles. The third-order valence-corrected chi connectivity index (χ3v) is 3.02. The fourth-order valence-electron chi connectivity index (χ4n) is 1.65. The van der Waals surface area contributed by atoms with E-state index in [1.54, 1.807) is 0 Å². The average Bonchev–Trinajstić information content (AvgIpc) is 2.28. The van der Waals surface area contributed by atoms with E-state index in [0.29, 0.717) is 5.92 Å². The molecule has 0 aromatic carbocycles. The lowest BCUT2D eigenvalue weighted by atomic mass is 10.1. The molecule has 1 aromatic heterocycles. The molecular formula is C13H22N2O. The molecule has 0 bridgehead atoms. The van der Waals surface area contributed by atoms with Gasteiger partial charge in [0.15, 0.2) is 0 Å².